The summed E-state index contributed by atoms with van der Waals surface area (Å²) < 4.78 is 5.19. The third-order valence-electron chi connectivity index (χ3n) is 3.26. The van der Waals surface area contributed by atoms with Gasteiger partial charge in [0.25, 0.3) is 0 Å². The van der Waals surface area contributed by atoms with Gasteiger partial charge in [-0.15, -0.1) is 0 Å². The van der Waals surface area contributed by atoms with E-state index in [-0.39, 0.29) is 6.03 Å². The minimum absolute atomic E-state index is 0.179. The average Bonchev–Trinajstić information content (AvgIpc) is 2.44. The Hall–Kier alpha value is -1.75. The Labute approximate surface area is 121 Å². The first kappa shape index (κ1) is 16.3. The van der Waals surface area contributed by atoms with Gasteiger partial charge in [-0.3, -0.25) is 0 Å². The van der Waals surface area contributed by atoms with Gasteiger partial charge in [0.2, 0.25) is 0 Å². The lowest BCUT2D eigenvalue weighted by Crippen LogP contribution is -2.36. The van der Waals surface area contributed by atoms with E-state index in [0.29, 0.717) is 6.54 Å². The molecule has 0 spiro atoms. The number of carbonyl (C=O) groups is 1. The lowest BCUT2D eigenvalue weighted by Gasteiger charge is -2.18. The Morgan fingerprint density at radius 1 is 1.30 bits per heavy atom. The van der Waals surface area contributed by atoms with E-state index < -0.39 is 0 Å². The Bertz CT molecular complexity index is 431. The highest BCUT2D eigenvalue weighted by molar-refractivity contribution is 5.89. The van der Waals surface area contributed by atoms with Crippen LogP contribution < -0.4 is 15.4 Å². The lowest BCUT2D eigenvalue weighted by molar-refractivity contribution is 0.248. The fourth-order valence-electron chi connectivity index (χ4n) is 2.00. The van der Waals surface area contributed by atoms with Crippen LogP contribution in [-0.4, -0.2) is 44.2 Å². The van der Waals surface area contributed by atoms with Gasteiger partial charge < -0.3 is 20.3 Å². The predicted octanol–water partition coefficient (Wildman–Crippen LogP) is 2.47. The number of hydrogen-bond acceptors (Lipinski definition) is 3. The summed E-state index contributed by atoms with van der Waals surface area (Å²) >= 11 is 0. The molecule has 1 aromatic carbocycles. The zero-order valence-corrected chi connectivity index (χ0v) is 12.8. The van der Waals surface area contributed by atoms with Crippen molar-refractivity contribution >= 4 is 11.7 Å². The van der Waals surface area contributed by atoms with E-state index in [1.54, 1.807) is 7.11 Å². The summed E-state index contributed by atoms with van der Waals surface area (Å²) in [5.74, 6) is 0.817. The van der Waals surface area contributed by atoms with Crippen LogP contribution in [0, 0.1) is 6.92 Å². The van der Waals surface area contributed by atoms with Gasteiger partial charge >= 0.3 is 6.03 Å². The van der Waals surface area contributed by atoms with Crippen LogP contribution in [0.2, 0.25) is 0 Å². The molecule has 1 aromatic rings. The molecule has 1 rings (SSSR count). The van der Waals surface area contributed by atoms with Gasteiger partial charge in [0, 0.05) is 18.8 Å². The van der Waals surface area contributed by atoms with E-state index in [0.717, 1.165) is 36.6 Å². The normalized spacial score (nSPS) is 10.4. The number of hydrogen-bond donors (Lipinski definition) is 2. The highest BCUT2D eigenvalue weighted by Crippen LogP contribution is 2.21. The largest absolute Gasteiger partial charge is 0.496 e. The molecule has 0 saturated heterocycles. The second-order valence-corrected chi connectivity index (χ2v) is 4.59. The average molecular weight is 279 g/mol. The van der Waals surface area contributed by atoms with Crippen LogP contribution in [0.1, 0.15) is 19.4 Å². The molecule has 5 nitrogen and oxygen atoms in total. The maximum atomic E-state index is 11.8. The number of nitrogens with zero attached hydrogens (tertiary/aromatic N) is 1. The number of methoxy groups -OCH3 is 1. The summed E-state index contributed by atoms with van der Waals surface area (Å²) in [5, 5.41) is 5.68. The third kappa shape index (κ3) is 5.09. The lowest BCUT2D eigenvalue weighted by atomic mass is 10.2. The Morgan fingerprint density at radius 3 is 2.55 bits per heavy atom. The zero-order chi connectivity index (χ0) is 15.0. The van der Waals surface area contributed by atoms with Crippen LogP contribution in [0.4, 0.5) is 10.5 Å². The molecular formula is C15H25N3O2. The van der Waals surface area contributed by atoms with E-state index in [2.05, 4.69) is 29.4 Å². The first-order valence-electron chi connectivity index (χ1n) is 7.02. The molecule has 0 aromatic heterocycles. The van der Waals surface area contributed by atoms with Crippen LogP contribution in [0.3, 0.4) is 0 Å². The molecule has 20 heavy (non-hydrogen) atoms. The fourth-order valence-corrected chi connectivity index (χ4v) is 2.00. The second-order valence-electron chi connectivity index (χ2n) is 4.59. The molecule has 112 valence electrons. The van der Waals surface area contributed by atoms with E-state index in [1.165, 1.54) is 0 Å². The Morgan fingerprint density at radius 2 is 2.00 bits per heavy atom. The van der Waals surface area contributed by atoms with Crippen molar-refractivity contribution in [3.8, 4) is 5.75 Å². The maximum Gasteiger partial charge on any atom is 0.319 e. The Kier molecular flexibility index (Phi) is 6.87. The molecule has 2 N–H and O–H groups in total. The van der Waals surface area contributed by atoms with Gasteiger partial charge in [0.05, 0.1) is 7.11 Å². The van der Waals surface area contributed by atoms with Crippen LogP contribution >= 0.6 is 0 Å². The maximum absolute atomic E-state index is 11.8. The summed E-state index contributed by atoms with van der Waals surface area (Å²) in [6, 6.07) is 5.39. The number of anilines is 1. The zero-order valence-electron chi connectivity index (χ0n) is 12.8. The Balaban J connectivity index is 2.40. The molecule has 0 unspecified atom stereocenters. The first-order chi connectivity index (χ1) is 9.60. The molecule has 0 atom stereocenters. The summed E-state index contributed by atoms with van der Waals surface area (Å²) in [4.78, 5) is 14.0. The molecular weight excluding hydrogens is 254 g/mol. The van der Waals surface area contributed by atoms with Crippen LogP contribution in [0.5, 0.6) is 5.75 Å². The van der Waals surface area contributed by atoms with Crippen molar-refractivity contribution in [3.05, 3.63) is 23.8 Å². The summed E-state index contributed by atoms with van der Waals surface area (Å²) in [6.07, 6.45) is 0. The van der Waals surface area contributed by atoms with Gasteiger partial charge in [0.1, 0.15) is 5.75 Å². The molecule has 0 heterocycles. The molecule has 2 amide bonds. The summed E-state index contributed by atoms with van der Waals surface area (Å²) in [6.45, 7) is 9.68. The number of amides is 2. The van der Waals surface area contributed by atoms with Crippen molar-refractivity contribution < 1.29 is 9.53 Å². The number of benzene rings is 1. The van der Waals surface area contributed by atoms with Crippen molar-refractivity contribution in [1.29, 1.82) is 0 Å². The SMILES string of the molecule is CCN(CC)CCNC(=O)Nc1ccc(OC)c(C)c1. The fraction of sp³-hybridized carbons (Fsp3) is 0.533. The van der Waals surface area contributed by atoms with Crippen molar-refractivity contribution in [2.24, 2.45) is 0 Å². The number of likely N-dealkylation sites (N-methyl/N-ethyl adjacent to an activating group) is 1. The number of rotatable bonds is 7. The van der Waals surface area contributed by atoms with Gasteiger partial charge in [-0.05, 0) is 43.8 Å². The minimum Gasteiger partial charge on any atom is -0.496 e. The number of nitrogens with one attached hydrogen (secondary N) is 2. The van der Waals surface area contributed by atoms with Crippen LogP contribution in [0.15, 0.2) is 18.2 Å². The third-order valence-corrected chi connectivity index (χ3v) is 3.26. The molecule has 5 heteroatoms. The topological polar surface area (TPSA) is 53.6 Å². The molecule has 0 fully saturated rings. The highest BCUT2D eigenvalue weighted by Gasteiger charge is 2.05. The van der Waals surface area contributed by atoms with E-state index in [1.807, 2.05) is 25.1 Å². The van der Waals surface area contributed by atoms with E-state index in [9.17, 15) is 4.79 Å². The van der Waals surface area contributed by atoms with Crippen molar-refractivity contribution in [1.82, 2.24) is 10.2 Å². The van der Waals surface area contributed by atoms with Crippen molar-refractivity contribution in [2.75, 3.05) is 38.6 Å². The summed E-state index contributed by atoms with van der Waals surface area (Å²) in [7, 11) is 1.63. The van der Waals surface area contributed by atoms with Gasteiger partial charge in [-0.25, -0.2) is 4.79 Å². The smallest absolute Gasteiger partial charge is 0.319 e. The monoisotopic (exact) mass is 279 g/mol. The quantitative estimate of drug-likeness (QED) is 0.806. The molecule has 0 aliphatic heterocycles. The minimum atomic E-state index is -0.179. The second kappa shape index (κ2) is 8.43. The van der Waals surface area contributed by atoms with Crippen molar-refractivity contribution in [3.63, 3.8) is 0 Å². The van der Waals surface area contributed by atoms with E-state index in [4.69, 9.17) is 4.74 Å². The molecule has 0 saturated carbocycles. The predicted molar refractivity (Wildman–Crippen MR) is 82.5 cm³/mol. The van der Waals surface area contributed by atoms with Gasteiger partial charge in [0.15, 0.2) is 0 Å². The van der Waals surface area contributed by atoms with Gasteiger partial charge in [-0.2, -0.15) is 0 Å². The number of carbonyl (C=O) groups excluding carboxylic acids is 1. The van der Waals surface area contributed by atoms with Crippen molar-refractivity contribution in [2.45, 2.75) is 20.8 Å². The van der Waals surface area contributed by atoms with Gasteiger partial charge in [-0.1, -0.05) is 13.8 Å². The molecule has 0 bridgehead atoms. The number of urea groups is 1. The molecule has 0 aliphatic carbocycles. The van der Waals surface area contributed by atoms with Crippen LogP contribution in [0.25, 0.3) is 0 Å². The number of aryl methyl sites for hydroxylation is 1. The standard InChI is InChI=1S/C15H25N3O2/c1-5-18(6-2)10-9-16-15(19)17-13-7-8-14(20-4)12(3)11-13/h7-8,11H,5-6,9-10H2,1-4H3,(H2,16,17,19). The molecule has 0 radical (unpaired) electrons. The summed E-state index contributed by atoms with van der Waals surface area (Å²) in [5.41, 5.74) is 1.76. The van der Waals surface area contributed by atoms with Crippen LogP contribution in [-0.2, 0) is 0 Å². The molecule has 0 aliphatic rings. The highest BCUT2D eigenvalue weighted by atomic mass is 16.5. The van der Waals surface area contributed by atoms with E-state index >= 15 is 0 Å². The number of ether oxygens (including phenoxy) is 1. The first-order valence-corrected chi connectivity index (χ1v) is 7.02.